The first-order chi connectivity index (χ1) is 9.67. The Kier molecular flexibility index (Phi) is 5.49. The molecule has 0 bridgehead atoms. The lowest BCUT2D eigenvalue weighted by Crippen LogP contribution is -2.26. The molecule has 20 heavy (non-hydrogen) atoms. The van der Waals surface area contributed by atoms with Crippen molar-refractivity contribution in [2.45, 2.75) is 13.3 Å². The highest BCUT2D eigenvalue weighted by Crippen LogP contribution is 2.28. The maximum atomic E-state index is 10.7. The minimum atomic E-state index is -0.774. The molecule has 1 aliphatic heterocycles. The van der Waals surface area contributed by atoms with E-state index >= 15 is 0 Å². The first kappa shape index (κ1) is 14.9. The van der Waals surface area contributed by atoms with Crippen molar-refractivity contribution < 1.29 is 14.6 Å². The van der Waals surface area contributed by atoms with Crippen molar-refractivity contribution in [1.29, 1.82) is 0 Å². The third-order valence-corrected chi connectivity index (χ3v) is 3.96. The molecule has 0 aromatic heterocycles. The SMILES string of the molecule is CCCOc1ccc(C=C2CN(CC(=O)O)CS2)cc1. The number of carboxylic acids is 1. The lowest BCUT2D eigenvalue weighted by Gasteiger charge is -2.08. The number of thioether (sulfide) groups is 1. The van der Waals surface area contributed by atoms with Crippen LogP contribution in [0.2, 0.25) is 0 Å². The van der Waals surface area contributed by atoms with Crippen LogP contribution in [0.4, 0.5) is 0 Å². The smallest absolute Gasteiger partial charge is 0.317 e. The van der Waals surface area contributed by atoms with E-state index in [0.29, 0.717) is 6.54 Å². The fourth-order valence-electron chi connectivity index (χ4n) is 1.93. The number of benzene rings is 1. The molecule has 1 aromatic rings. The summed E-state index contributed by atoms with van der Waals surface area (Å²) in [6.07, 6.45) is 3.11. The zero-order chi connectivity index (χ0) is 14.4. The van der Waals surface area contributed by atoms with Gasteiger partial charge in [0, 0.05) is 17.3 Å². The van der Waals surface area contributed by atoms with Crippen molar-refractivity contribution in [3.63, 3.8) is 0 Å². The van der Waals surface area contributed by atoms with E-state index in [-0.39, 0.29) is 6.54 Å². The molecule has 0 radical (unpaired) electrons. The molecule has 1 heterocycles. The van der Waals surface area contributed by atoms with Gasteiger partial charge in [0.25, 0.3) is 0 Å². The Hall–Kier alpha value is -1.46. The molecule has 0 amide bonds. The standard InChI is InChI=1S/C15H19NO3S/c1-2-7-19-13-5-3-12(4-6-13)8-14-9-16(11-20-14)10-15(17)18/h3-6,8H,2,7,9-11H2,1H3,(H,17,18). The van der Waals surface area contributed by atoms with Crippen LogP contribution in [0.25, 0.3) is 6.08 Å². The average molecular weight is 293 g/mol. The van der Waals surface area contributed by atoms with E-state index in [1.807, 2.05) is 29.2 Å². The normalized spacial score (nSPS) is 17.6. The van der Waals surface area contributed by atoms with Gasteiger partial charge in [-0.25, -0.2) is 0 Å². The Morgan fingerprint density at radius 1 is 1.45 bits per heavy atom. The lowest BCUT2D eigenvalue weighted by atomic mass is 10.2. The summed E-state index contributed by atoms with van der Waals surface area (Å²) in [5.74, 6) is 0.861. The Morgan fingerprint density at radius 3 is 2.85 bits per heavy atom. The van der Waals surface area contributed by atoms with Gasteiger partial charge in [0.15, 0.2) is 0 Å². The van der Waals surface area contributed by atoms with Crippen molar-refractivity contribution in [2.75, 3.05) is 25.6 Å². The van der Waals surface area contributed by atoms with Crippen LogP contribution >= 0.6 is 11.8 Å². The minimum absolute atomic E-state index is 0.105. The average Bonchev–Trinajstić information content (AvgIpc) is 2.84. The van der Waals surface area contributed by atoms with Gasteiger partial charge in [0.05, 0.1) is 13.2 Å². The Labute approximate surface area is 123 Å². The van der Waals surface area contributed by atoms with Gasteiger partial charge in [0.1, 0.15) is 5.75 Å². The van der Waals surface area contributed by atoms with Crippen LogP contribution in [0.3, 0.4) is 0 Å². The number of carboxylic acid groups (broad SMARTS) is 1. The first-order valence-electron chi connectivity index (χ1n) is 6.67. The summed E-state index contributed by atoms with van der Waals surface area (Å²) in [7, 11) is 0. The van der Waals surface area contributed by atoms with Gasteiger partial charge in [0.2, 0.25) is 0 Å². The van der Waals surface area contributed by atoms with E-state index in [0.717, 1.165) is 30.2 Å². The largest absolute Gasteiger partial charge is 0.494 e. The van der Waals surface area contributed by atoms with Crippen LogP contribution in [0.5, 0.6) is 5.75 Å². The second-order valence-electron chi connectivity index (χ2n) is 4.68. The molecule has 1 saturated heterocycles. The fraction of sp³-hybridized carbons (Fsp3) is 0.400. The van der Waals surface area contributed by atoms with Gasteiger partial charge in [-0.2, -0.15) is 0 Å². The molecule has 0 spiro atoms. The monoisotopic (exact) mass is 293 g/mol. The third-order valence-electron chi connectivity index (χ3n) is 2.85. The van der Waals surface area contributed by atoms with Gasteiger partial charge < -0.3 is 9.84 Å². The maximum absolute atomic E-state index is 10.7. The summed E-state index contributed by atoms with van der Waals surface area (Å²) in [5, 5.41) is 8.77. The van der Waals surface area contributed by atoms with Crippen LogP contribution in [0.15, 0.2) is 29.2 Å². The van der Waals surface area contributed by atoms with Crippen molar-refractivity contribution in [3.8, 4) is 5.75 Å². The van der Waals surface area contributed by atoms with E-state index in [1.54, 1.807) is 11.8 Å². The quantitative estimate of drug-likeness (QED) is 0.874. The van der Waals surface area contributed by atoms with Gasteiger partial charge in [-0.3, -0.25) is 9.69 Å². The summed E-state index contributed by atoms with van der Waals surface area (Å²) in [6, 6.07) is 7.99. The second kappa shape index (κ2) is 7.36. The van der Waals surface area contributed by atoms with Crippen LogP contribution in [-0.2, 0) is 4.79 Å². The summed E-state index contributed by atoms with van der Waals surface area (Å²) >= 11 is 1.70. The number of ether oxygens (including phenoxy) is 1. The molecule has 0 aliphatic carbocycles. The Bertz CT molecular complexity index is 484. The van der Waals surface area contributed by atoms with Gasteiger partial charge >= 0.3 is 5.97 Å². The zero-order valence-corrected chi connectivity index (χ0v) is 12.4. The maximum Gasteiger partial charge on any atom is 0.317 e. The molecule has 0 unspecified atom stereocenters. The number of hydrogen-bond donors (Lipinski definition) is 1. The molecular formula is C15H19NO3S. The number of hydrogen-bond acceptors (Lipinski definition) is 4. The lowest BCUT2D eigenvalue weighted by molar-refractivity contribution is -0.137. The fourth-order valence-corrected chi connectivity index (χ4v) is 2.96. The third kappa shape index (κ3) is 4.58. The molecule has 0 atom stereocenters. The summed E-state index contributed by atoms with van der Waals surface area (Å²) in [6.45, 7) is 3.64. The van der Waals surface area contributed by atoms with E-state index in [9.17, 15) is 4.79 Å². The molecule has 5 heteroatoms. The highest BCUT2D eigenvalue weighted by Gasteiger charge is 2.19. The van der Waals surface area contributed by atoms with Crippen molar-refractivity contribution in [2.24, 2.45) is 0 Å². The number of aliphatic carboxylic acids is 1. The molecule has 1 aliphatic rings. The van der Waals surface area contributed by atoms with Crippen LogP contribution in [0, 0.1) is 0 Å². The van der Waals surface area contributed by atoms with Crippen LogP contribution in [0.1, 0.15) is 18.9 Å². The van der Waals surface area contributed by atoms with E-state index in [1.165, 1.54) is 4.91 Å². The molecule has 2 rings (SSSR count). The van der Waals surface area contributed by atoms with E-state index < -0.39 is 5.97 Å². The van der Waals surface area contributed by atoms with Gasteiger partial charge in [-0.05, 0) is 30.2 Å². The molecule has 0 saturated carbocycles. The Morgan fingerprint density at radius 2 is 2.20 bits per heavy atom. The molecule has 4 nitrogen and oxygen atoms in total. The highest BCUT2D eigenvalue weighted by atomic mass is 32.2. The molecular weight excluding hydrogens is 274 g/mol. The number of carbonyl (C=O) groups is 1. The van der Waals surface area contributed by atoms with Crippen molar-refractivity contribution in [1.82, 2.24) is 4.90 Å². The van der Waals surface area contributed by atoms with Crippen molar-refractivity contribution >= 4 is 23.8 Å². The molecule has 1 N–H and O–H groups in total. The highest BCUT2D eigenvalue weighted by molar-refractivity contribution is 8.03. The first-order valence-corrected chi connectivity index (χ1v) is 7.66. The topological polar surface area (TPSA) is 49.8 Å². The summed E-state index contributed by atoms with van der Waals surface area (Å²) in [4.78, 5) is 13.8. The predicted octanol–water partition coefficient (Wildman–Crippen LogP) is 2.91. The van der Waals surface area contributed by atoms with E-state index in [2.05, 4.69) is 13.0 Å². The van der Waals surface area contributed by atoms with Crippen LogP contribution < -0.4 is 4.74 Å². The minimum Gasteiger partial charge on any atom is -0.494 e. The number of rotatable bonds is 6. The van der Waals surface area contributed by atoms with Crippen molar-refractivity contribution in [3.05, 3.63) is 34.7 Å². The zero-order valence-electron chi connectivity index (χ0n) is 11.5. The van der Waals surface area contributed by atoms with Crippen LogP contribution in [-0.4, -0.2) is 41.5 Å². The molecule has 1 fully saturated rings. The molecule has 1 aromatic carbocycles. The second-order valence-corrected chi connectivity index (χ2v) is 5.75. The molecule has 108 valence electrons. The summed E-state index contributed by atoms with van der Waals surface area (Å²) in [5.41, 5.74) is 1.12. The van der Waals surface area contributed by atoms with Gasteiger partial charge in [-0.15, -0.1) is 11.8 Å². The van der Waals surface area contributed by atoms with E-state index in [4.69, 9.17) is 9.84 Å². The van der Waals surface area contributed by atoms with Gasteiger partial charge in [-0.1, -0.05) is 19.1 Å². The predicted molar refractivity (Wildman–Crippen MR) is 81.9 cm³/mol. The summed E-state index contributed by atoms with van der Waals surface area (Å²) < 4.78 is 5.54. The number of nitrogens with zero attached hydrogens (tertiary/aromatic N) is 1. The Balaban J connectivity index is 1.92.